The summed E-state index contributed by atoms with van der Waals surface area (Å²) < 4.78 is 39.9. The molecule has 0 spiro atoms. The molecule has 0 radical (unpaired) electrons. The molecular formula is C19H20F2N2O5. The summed E-state index contributed by atoms with van der Waals surface area (Å²) in [5.41, 5.74) is 4.43. The van der Waals surface area contributed by atoms with Gasteiger partial charge in [-0.15, -0.1) is 0 Å². The summed E-state index contributed by atoms with van der Waals surface area (Å²) in [5.74, 6) is -0.880. The van der Waals surface area contributed by atoms with Gasteiger partial charge in [0.05, 0.1) is 19.3 Å². The van der Waals surface area contributed by atoms with Crippen LogP contribution in [0.4, 0.5) is 8.78 Å². The summed E-state index contributed by atoms with van der Waals surface area (Å²) >= 11 is 0. The fourth-order valence-electron chi connectivity index (χ4n) is 2.25. The van der Waals surface area contributed by atoms with Crippen LogP contribution in [0.25, 0.3) is 0 Å². The van der Waals surface area contributed by atoms with E-state index in [1.165, 1.54) is 43.5 Å². The van der Waals surface area contributed by atoms with Gasteiger partial charge in [0, 0.05) is 5.56 Å². The van der Waals surface area contributed by atoms with Gasteiger partial charge < -0.3 is 14.2 Å². The molecule has 0 aliphatic rings. The second-order valence-corrected chi connectivity index (χ2v) is 5.50. The van der Waals surface area contributed by atoms with Crippen molar-refractivity contribution in [1.82, 2.24) is 10.9 Å². The number of nitrogens with one attached hydrogen (secondary N) is 2. The molecule has 0 saturated heterocycles. The van der Waals surface area contributed by atoms with E-state index < -0.39 is 18.4 Å². The van der Waals surface area contributed by atoms with E-state index >= 15 is 0 Å². The largest absolute Gasteiger partial charge is 0.493 e. The van der Waals surface area contributed by atoms with Crippen LogP contribution in [0.5, 0.6) is 17.2 Å². The predicted molar refractivity (Wildman–Crippen MR) is 96.8 cm³/mol. The molecule has 2 aromatic rings. The molecule has 28 heavy (non-hydrogen) atoms. The second kappa shape index (κ2) is 10.1. The zero-order valence-corrected chi connectivity index (χ0v) is 15.3. The minimum Gasteiger partial charge on any atom is -0.493 e. The Morgan fingerprint density at radius 2 is 1.71 bits per heavy atom. The van der Waals surface area contributed by atoms with E-state index in [4.69, 9.17) is 9.47 Å². The number of para-hydroxylation sites is 1. The highest BCUT2D eigenvalue weighted by Gasteiger charge is 2.17. The van der Waals surface area contributed by atoms with Crippen LogP contribution < -0.4 is 25.1 Å². The molecule has 0 saturated carbocycles. The molecule has 0 heterocycles. The first kappa shape index (κ1) is 20.9. The number of carbonyl (C=O) groups excluding carboxylic acids is 2. The monoisotopic (exact) mass is 394 g/mol. The van der Waals surface area contributed by atoms with Gasteiger partial charge in [-0.3, -0.25) is 20.4 Å². The number of amides is 2. The Kier molecular flexibility index (Phi) is 7.55. The van der Waals surface area contributed by atoms with Gasteiger partial charge in [0.15, 0.2) is 11.5 Å². The first-order chi connectivity index (χ1) is 13.5. The molecule has 0 aliphatic heterocycles. The quantitative estimate of drug-likeness (QED) is 0.672. The highest BCUT2D eigenvalue weighted by atomic mass is 19.3. The van der Waals surface area contributed by atoms with Crippen molar-refractivity contribution in [3.8, 4) is 17.2 Å². The normalized spacial score (nSPS) is 10.3. The molecule has 0 bridgehead atoms. The third kappa shape index (κ3) is 5.57. The van der Waals surface area contributed by atoms with E-state index in [0.717, 1.165) is 6.42 Å². The van der Waals surface area contributed by atoms with E-state index in [9.17, 15) is 18.4 Å². The number of alkyl halides is 2. The second-order valence-electron chi connectivity index (χ2n) is 5.50. The topological polar surface area (TPSA) is 85.9 Å². The molecule has 2 aromatic carbocycles. The lowest BCUT2D eigenvalue weighted by Crippen LogP contribution is -2.41. The Bertz CT molecular complexity index is 830. The van der Waals surface area contributed by atoms with Crippen LogP contribution in [0, 0.1) is 0 Å². The lowest BCUT2D eigenvalue weighted by molar-refractivity contribution is -0.0501. The summed E-state index contributed by atoms with van der Waals surface area (Å²) in [7, 11) is 1.44. The SMILES string of the molecule is CCCOc1ccc(C(=O)NNC(=O)c2ccccc2OC(F)F)cc1OC. The average Bonchev–Trinajstić information content (AvgIpc) is 2.70. The van der Waals surface area contributed by atoms with Gasteiger partial charge in [0.2, 0.25) is 0 Å². The maximum atomic E-state index is 12.4. The third-order valence-electron chi connectivity index (χ3n) is 3.52. The van der Waals surface area contributed by atoms with Gasteiger partial charge in [-0.2, -0.15) is 8.78 Å². The zero-order valence-electron chi connectivity index (χ0n) is 15.3. The van der Waals surface area contributed by atoms with Crippen LogP contribution in [0.1, 0.15) is 34.1 Å². The maximum absolute atomic E-state index is 12.4. The van der Waals surface area contributed by atoms with Gasteiger partial charge in [0.1, 0.15) is 5.75 Å². The van der Waals surface area contributed by atoms with Crippen molar-refractivity contribution in [2.24, 2.45) is 0 Å². The highest BCUT2D eigenvalue weighted by Crippen LogP contribution is 2.28. The Morgan fingerprint density at radius 3 is 2.39 bits per heavy atom. The summed E-state index contributed by atoms with van der Waals surface area (Å²) in [6, 6.07) is 9.99. The number of hydrazine groups is 1. The average molecular weight is 394 g/mol. The molecule has 2 N–H and O–H groups in total. The smallest absolute Gasteiger partial charge is 0.387 e. The lowest BCUT2D eigenvalue weighted by atomic mass is 10.2. The Balaban J connectivity index is 2.05. The third-order valence-corrected chi connectivity index (χ3v) is 3.52. The number of hydrogen-bond acceptors (Lipinski definition) is 5. The van der Waals surface area contributed by atoms with Gasteiger partial charge >= 0.3 is 6.61 Å². The molecule has 0 fully saturated rings. The molecule has 9 heteroatoms. The van der Waals surface area contributed by atoms with E-state index in [1.807, 2.05) is 6.92 Å². The van der Waals surface area contributed by atoms with Crippen molar-refractivity contribution in [2.75, 3.05) is 13.7 Å². The molecule has 2 amide bonds. The maximum Gasteiger partial charge on any atom is 0.387 e. The van der Waals surface area contributed by atoms with Crippen molar-refractivity contribution in [1.29, 1.82) is 0 Å². The van der Waals surface area contributed by atoms with Crippen molar-refractivity contribution < 1.29 is 32.6 Å². The lowest BCUT2D eigenvalue weighted by Gasteiger charge is -2.13. The summed E-state index contributed by atoms with van der Waals surface area (Å²) in [6.45, 7) is -0.621. The van der Waals surface area contributed by atoms with Crippen molar-refractivity contribution in [2.45, 2.75) is 20.0 Å². The first-order valence-corrected chi connectivity index (χ1v) is 8.41. The van der Waals surface area contributed by atoms with Crippen LogP contribution >= 0.6 is 0 Å². The summed E-state index contributed by atoms with van der Waals surface area (Å²) in [6.07, 6.45) is 0.814. The van der Waals surface area contributed by atoms with Crippen LogP contribution in [-0.2, 0) is 0 Å². The van der Waals surface area contributed by atoms with Crippen molar-refractivity contribution in [3.63, 3.8) is 0 Å². The predicted octanol–water partition coefficient (Wildman–Crippen LogP) is 3.16. The zero-order chi connectivity index (χ0) is 20.5. The van der Waals surface area contributed by atoms with Gasteiger partial charge in [-0.1, -0.05) is 19.1 Å². The molecule has 0 aliphatic carbocycles. The number of carbonyl (C=O) groups is 2. The van der Waals surface area contributed by atoms with Gasteiger partial charge in [0.25, 0.3) is 11.8 Å². The molecule has 0 atom stereocenters. The molecule has 7 nitrogen and oxygen atoms in total. The van der Waals surface area contributed by atoms with Crippen LogP contribution in [0.2, 0.25) is 0 Å². The molecule has 2 rings (SSSR count). The number of halogens is 2. The van der Waals surface area contributed by atoms with Crippen LogP contribution in [-0.4, -0.2) is 32.1 Å². The molecular weight excluding hydrogens is 374 g/mol. The molecule has 0 unspecified atom stereocenters. The minimum absolute atomic E-state index is 0.149. The van der Waals surface area contributed by atoms with E-state index in [0.29, 0.717) is 18.1 Å². The van der Waals surface area contributed by atoms with Gasteiger partial charge in [-0.25, -0.2) is 0 Å². The fraction of sp³-hybridized carbons (Fsp3) is 0.263. The van der Waals surface area contributed by atoms with E-state index in [-0.39, 0.29) is 16.9 Å². The Hall–Kier alpha value is -3.36. The number of ether oxygens (including phenoxy) is 3. The van der Waals surface area contributed by atoms with Crippen LogP contribution in [0.15, 0.2) is 42.5 Å². The number of rotatable bonds is 8. The van der Waals surface area contributed by atoms with Gasteiger partial charge in [-0.05, 0) is 36.8 Å². The van der Waals surface area contributed by atoms with Crippen molar-refractivity contribution in [3.05, 3.63) is 53.6 Å². The standard InChI is InChI=1S/C19H20F2N2O5/c1-3-10-27-15-9-8-12(11-16(15)26-2)17(24)22-23-18(25)13-6-4-5-7-14(13)28-19(20)21/h4-9,11,19H,3,10H2,1-2H3,(H,22,24)(H,23,25). The fourth-order valence-corrected chi connectivity index (χ4v) is 2.25. The number of hydrogen-bond donors (Lipinski definition) is 2. The first-order valence-electron chi connectivity index (χ1n) is 8.41. The van der Waals surface area contributed by atoms with Crippen molar-refractivity contribution >= 4 is 11.8 Å². The van der Waals surface area contributed by atoms with E-state index in [1.54, 1.807) is 6.07 Å². The highest BCUT2D eigenvalue weighted by molar-refractivity contribution is 6.00. The number of benzene rings is 2. The molecule has 150 valence electrons. The van der Waals surface area contributed by atoms with E-state index in [2.05, 4.69) is 15.6 Å². The minimum atomic E-state index is -3.08. The summed E-state index contributed by atoms with van der Waals surface area (Å²) in [4.78, 5) is 24.4. The van der Waals surface area contributed by atoms with Crippen LogP contribution in [0.3, 0.4) is 0 Å². The Morgan fingerprint density at radius 1 is 1.00 bits per heavy atom. The summed E-state index contributed by atoms with van der Waals surface area (Å²) in [5, 5.41) is 0. The molecule has 0 aromatic heterocycles. The Labute approximate surface area is 160 Å². The number of methoxy groups -OCH3 is 1.